The molecule has 1 atom stereocenters. The van der Waals surface area contributed by atoms with Crippen LogP contribution in [0.1, 0.15) is 12.0 Å². The van der Waals surface area contributed by atoms with Gasteiger partial charge in [-0.05, 0) is 18.1 Å². The van der Waals surface area contributed by atoms with E-state index in [0.717, 1.165) is 41.9 Å². The average Bonchev–Trinajstić information content (AvgIpc) is 3.37. The van der Waals surface area contributed by atoms with Crippen LogP contribution in [-0.4, -0.2) is 51.9 Å². The zero-order valence-electron chi connectivity index (χ0n) is 15.1. The molecule has 0 aliphatic carbocycles. The molecule has 3 heterocycles. The maximum atomic E-state index is 12.7. The van der Waals surface area contributed by atoms with E-state index in [9.17, 15) is 4.79 Å². The minimum atomic E-state index is 0.0897. The molecule has 0 saturated carbocycles. The molecule has 4 rings (SSSR count). The molecule has 0 spiro atoms. The number of likely N-dealkylation sites (N-methyl/N-ethyl adjacent to an activating group) is 1. The Morgan fingerprint density at radius 1 is 1.33 bits per heavy atom. The number of aromatic nitrogens is 3. The van der Waals surface area contributed by atoms with Gasteiger partial charge in [0.25, 0.3) is 0 Å². The number of benzene rings is 1. The normalized spacial score (nSPS) is 16.4. The molecule has 1 amide bonds. The Morgan fingerprint density at radius 2 is 2.15 bits per heavy atom. The highest BCUT2D eigenvalue weighted by Crippen LogP contribution is 2.27. The molecule has 1 N–H and O–H groups in total. The van der Waals surface area contributed by atoms with Crippen molar-refractivity contribution in [3.63, 3.8) is 0 Å². The number of H-pyrrole nitrogens is 1. The number of amides is 1. The number of hydrogen-bond acceptors (Lipinski definition) is 4. The minimum absolute atomic E-state index is 0.0897. The van der Waals surface area contributed by atoms with Crippen molar-refractivity contribution in [2.24, 2.45) is 0 Å². The van der Waals surface area contributed by atoms with Gasteiger partial charge < -0.3 is 14.8 Å². The Balaban J connectivity index is 1.42. The van der Waals surface area contributed by atoms with Gasteiger partial charge in [0, 0.05) is 26.3 Å². The zero-order chi connectivity index (χ0) is 18.8. The van der Waals surface area contributed by atoms with Crippen LogP contribution < -0.4 is 4.90 Å². The molecule has 2 aromatic heterocycles. The summed E-state index contributed by atoms with van der Waals surface area (Å²) in [5, 5.41) is 1.01. The van der Waals surface area contributed by atoms with Crippen LogP contribution in [0.5, 0.6) is 0 Å². The number of nitrogens with one attached hydrogen (secondary N) is 1. The van der Waals surface area contributed by atoms with Crippen LogP contribution >= 0.6 is 0 Å². The van der Waals surface area contributed by atoms with Crippen LogP contribution in [-0.2, 0) is 11.2 Å². The summed E-state index contributed by atoms with van der Waals surface area (Å²) < 4.78 is 0. The molecule has 0 bridgehead atoms. The van der Waals surface area contributed by atoms with Gasteiger partial charge in [0.1, 0.15) is 17.8 Å². The van der Waals surface area contributed by atoms with Gasteiger partial charge in [-0.1, -0.05) is 24.3 Å². The van der Waals surface area contributed by atoms with E-state index >= 15 is 0 Å². The van der Waals surface area contributed by atoms with Crippen LogP contribution in [0.25, 0.3) is 15.9 Å². The lowest BCUT2D eigenvalue weighted by Gasteiger charge is -2.25. The van der Waals surface area contributed by atoms with Crippen molar-refractivity contribution in [1.29, 1.82) is 0 Å². The molecule has 136 valence electrons. The summed E-state index contributed by atoms with van der Waals surface area (Å²) in [6.07, 6.45) is 4.70. The third-order valence-corrected chi connectivity index (χ3v) is 5.16. The first-order valence-corrected chi connectivity index (χ1v) is 8.91. The largest absolute Gasteiger partial charge is 0.354 e. The van der Waals surface area contributed by atoms with Gasteiger partial charge in [-0.15, -0.1) is 0 Å². The van der Waals surface area contributed by atoms with Gasteiger partial charge in [0.15, 0.2) is 5.69 Å². The van der Waals surface area contributed by atoms with Crippen LogP contribution in [0.3, 0.4) is 0 Å². The van der Waals surface area contributed by atoms with Gasteiger partial charge in [-0.2, -0.15) is 0 Å². The van der Waals surface area contributed by atoms with Gasteiger partial charge in [0.2, 0.25) is 5.91 Å². The number of anilines is 1. The molecular formula is C20H20N6O. The van der Waals surface area contributed by atoms with Crippen molar-refractivity contribution in [3.05, 3.63) is 59.8 Å². The third kappa shape index (κ3) is 3.34. The van der Waals surface area contributed by atoms with E-state index in [2.05, 4.69) is 24.7 Å². The molecule has 1 aliphatic heterocycles. The number of carbonyl (C=O) groups is 1. The fraction of sp³-hybridized carbons (Fsp3) is 0.300. The minimum Gasteiger partial charge on any atom is -0.354 e. The number of hydrogen-bond donors (Lipinski definition) is 1. The number of aromatic amines is 1. The standard InChI is InChI=1S/C20H20N6O/c1-21-15-5-3-14(4-6-15)11-18(27)25(2)16-8-10-26(12-16)20-17-7-9-22-19(17)23-13-24-20/h3-7,9,13,16H,8,10-12H2,2H3,(H,22,23,24)/t16-/m1/s1. The molecule has 1 fully saturated rings. The molecule has 7 nitrogen and oxygen atoms in total. The Bertz CT molecular complexity index is 1000. The molecule has 1 aromatic carbocycles. The van der Waals surface area contributed by atoms with Gasteiger partial charge in [-0.25, -0.2) is 14.8 Å². The molecule has 0 radical (unpaired) electrons. The average molecular weight is 360 g/mol. The number of carbonyl (C=O) groups excluding carboxylic acids is 1. The van der Waals surface area contributed by atoms with Crippen LogP contribution in [0.4, 0.5) is 11.5 Å². The zero-order valence-corrected chi connectivity index (χ0v) is 15.1. The highest BCUT2D eigenvalue weighted by molar-refractivity contribution is 5.87. The third-order valence-electron chi connectivity index (χ3n) is 5.16. The molecule has 1 aliphatic rings. The molecular weight excluding hydrogens is 340 g/mol. The Labute approximate surface area is 157 Å². The topological polar surface area (TPSA) is 69.5 Å². The first-order valence-electron chi connectivity index (χ1n) is 8.91. The summed E-state index contributed by atoms with van der Waals surface area (Å²) in [5.74, 6) is 1.01. The monoisotopic (exact) mass is 360 g/mol. The molecule has 1 saturated heterocycles. The predicted molar refractivity (Wildman–Crippen MR) is 104 cm³/mol. The summed E-state index contributed by atoms with van der Waals surface area (Å²) in [5.41, 5.74) is 2.35. The first kappa shape index (κ1) is 17.0. The van der Waals surface area contributed by atoms with Crippen molar-refractivity contribution in [2.75, 3.05) is 25.0 Å². The molecule has 7 heteroatoms. The maximum absolute atomic E-state index is 12.7. The van der Waals surface area contributed by atoms with Crippen molar-refractivity contribution in [3.8, 4) is 0 Å². The van der Waals surface area contributed by atoms with Crippen molar-refractivity contribution < 1.29 is 4.79 Å². The quantitative estimate of drug-likeness (QED) is 0.727. The summed E-state index contributed by atoms with van der Waals surface area (Å²) >= 11 is 0. The number of fused-ring (bicyclic) bond motifs is 1. The van der Waals surface area contributed by atoms with Crippen molar-refractivity contribution in [1.82, 2.24) is 19.9 Å². The Morgan fingerprint density at radius 3 is 2.93 bits per heavy atom. The second-order valence-electron chi connectivity index (χ2n) is 6.79. The predicted octanol–water partition coefficient (Wildman–Crippen LogP) is 2.79. The Kier molecular flexibility index (Phi) is 4.47. The van der Waals surface area contributed by atoms with E-state index in [1.807, 2.05) is 36.3 Å². The Hall–Kier alpha value is -3.40. The first-order chi connectivity index (χ1) is 13.2. The molecule has 0 unspecified atom stereocenters. The second-order valence-corrected chi connectivity index (χ2v) is 6.79. The maximum Gasteiger partial charge on any atom is 0.227 e. The summed E-state index contributed by atoms with van der Waals surface area (Å²) in [6, 6.07) is 9.35. The van der Waals surface area contributed by atoms with E-state index in [0.29, 0.717) is 12.1 Å². The lowest BCUT2D eigenvalue weighted by Crippen LogP contribution is -2.40. The SMILES string of the molecule is [C-]#[N+]c1ccc(CC(=O)N(C)[C@@H]2CCN(c3ncnc4[nH]ccc34)C2)cc1. The van der Waals surface area contributed by atoms with E-state index in [1.165, 1.54) is 0 Å². The smallest absolute Gasteiger partial charge is 0.227 e. The van der Waals surface area contributed by atoms with Crippen molar-refractivity contribution in [2.45, 2.75) is 18.9 Å². The fourth-order valence-electron chi connectivity index (χ4n) is 3.55. The van der Waals surface area contributed by atoms with Crippen molar-refractivity contribution >= 4 is 28.4 Å². The van der Waals surface area contributed by atoms with E-state index in [1.54, 1.807) is 18.5 Å². The summed E-state index contributed by atoms with van der Waals surface area (Å²) in [7, 11) is 1.87. The van der Waals surface area contributed by atoms with Gasteiger partial charge in [-0.3, -0.25) is 4.79 Å². The highest BCUT2D eigenvalue weighted by Gasteiger charge is 2.30. The fourth-order valence-corrected chi connectivity index (χ4v) is 3.55. The highest BCUT2D eigenvalue weighted by atomic mass is 16.2. The molecule has 27 heavy (non-hydrogen) atoms. The van der Waals surface area contributed by atoms with E-state index in [-0.39, 0.29) is 11.9 Å². The van der Waals surface area contributed by atoms with E-state index < -0.39 is 0 Å². The number of rotatable bonds is 4. The lowest BCUT2D eigenvalue weighted by atomic mass is 10.1. The van der Waals surface area contributed by atoms with Crippen LogP contribution in [0, 0.1) is 6.57 Å². The van der Waals surface area contributed by atoms with E-state index in [4.69, 9.17) is 6.57 Å². The molecule has 3 aromatic rings. The number of nitrogens with zero attached hydrogens (tertiary/aromatic N) is 5. The van der Waals surface area contributed by atoms with Gasteiger partial charge in [0.05, 0.1) is 24.4 Å². The van der Waals surface area contributed by atoms with Crippen LogP contribution in [0.2, 0.25) is 0 Å². The lowest BCUT2D eigenvalue weighted by molar-refractivity contribution is -0.130. The summed E-state index contributed by atoms with van der Waals surface area (Å²) in [4.78, 5) is 31.9. The summed E-state index contributed by atoms with van der Waals surface area (Å²) in [6.45, 7) is 8.62. The second kappa shape index (κ2) is 7.08. The van der Waals surface area contributed by atoms with Crippen LogP contribution in [0.15, 0.2) is 42.9 Å². The van der Waals surface area contributed by atoms with Gasteiger partial charge >= 0.3 is 0 Å².